The fourth-order valence-corrected chi connectivity index (χ4v) is 2.34. The van der Waals surface area contributed by atoms with Gasteiger partial charge in [-0.3, -0.25) is 4.79 Å². The number of allylic oxidation sites excluding steroid dienone is 1. The van der Waals surface area contributed by atoms with E-state index in [1.165, 1.54) is 12.1 Å². The quantitative estimate of drug-likeness (QED) is 0.668. The van der Waals surface area contributed by atoms with Crippen molar-refractivity contribution in [1.82, 2.24) is 0 Å². The standard InChI is InChI=1S/C18H12F2O2/c1-2-4-11-5-3-6-13-16(21)10-17(22-18(11)13)12-7-8-14(19)15(20)9-12/h2-3,5-10H,1,4H2. The second-order valence-electron chi connectivity index (χ2n) is 4.89. The van der Waals surface area contributed by atoms with Crippen LogP contribution in [0.25, 0.3) is 22.3 Å². The van der Waals surface area contributed by atoms with Gasteiger partial charge >= 0.3 is 0 Å². The van der Waals surface area contributed by atoms with E-state index in [1.54, 1.807) is 18.2 Å². The van der Waals surface area contributed by atoms with E-state index in [0.717, 1.165) is 17.7 Å². The maximum atomic E-state index is 13.4. The molecule has 0 radical (unpaired) electrons. The average molecular weight is 298 g/mol. The van der Waals surface area contributed by atoms with Crippen LogP contribution < -0.4 is 5.43 Å². The van der Waals surface area contributed by atoms with Crippen molar-refractivity contribution in [3.8, 4) is 11.3 Å². The Labute approximate surface area is 125 Å². The van der Waals surface area contributed by atoms with Gasteiger partial charge in [0.25, 0.3) is 0 Å². The van der Waals surface area contributed by atoms with Gasteiger partial charge in [-0.25, -0.2) is 8.78 Å². The second kappa shape index (κ2) is 5.56. The molecule has 3 rings (SSSR count). The van der Waals surface area contributed by atoms with Gasteiger partial charge in [0.1, 0.15) is 11.3 Å². The summed E-state index contributed by atoms with van der Waals surface area (Å²) in [5.41, 5.74) is 1.34. The Hall–Kier alpha value is -2.75. The molecule has 0 aliphatic rings. The van der Waals surface area contributed by atoms with Crippen LogP contribution >= 0.6 is 0 Å². The van der Waals surface area contributed by atoms with Crippen molar-refractivity contribution in [2.24, 2.45) is 0 Å². The number of rotatable bonds is 3. The molecule has 0 atom stereocenters. The summed E-state index contributed by atoms with van der Waals surface area (Å²) in [6, 6.07) is 9.95. The average Bonchev–Trinajstić information content (AvgIpc) is 2.51. The van der Waals surface area contributed by atoms with Crippen molar-refractivity contribution >= 4 is 11.0 Å². The highest BCUT2D eigenvalue weighted by Crippen LogP contribution is 2.25. The predicted molar refractivity (Wildman–Crippen MR) is 81.7 cm³/mol. The maximum absolute atomic E-state index is 13.4. The molecule has 0 saturated heterocycles. The number of halogens is 2. The summed E-state index contributed by atoms with van der Waals surface area (Å²) in [5.74, 6) is -1.73. The van der Waals surface area contributed by atoms with E-state index in [1.807, 2.05) is 6.07 Å². The summed E-state index contributed by atoms with van der Waals surface area (Å²) < 4.78 is 32.2. The van der Waals surface area contributed by atoms with Crippen molar-refractivity contribution in [3.05, 3.63) is 82.5 Å². The van der Waals surface area contributed by atoms with Crippen LogP contribution in [0.1, 0.15) is 5.56 Å². The smallest absolute Gasteiger partial charge is 0.193 e. The molecule has 0 spiro atoms. The Kier molecular flexibility index (Phi) is 3.59. The van der Waals surface area contributed by atoms with Crippen molar-refractivity contribution in [2.75, 3.05) is 0 Å². The van der Waals surface area contributed by atoms with Gasteiger partial charge in [0, 0.05) is 11.6 Å². The summed E-state index contributed by atoms with van der Waals surface area (Å²) in [5, 5.41) is 0.450. The molecule has 0 saturated carbocycles. The minimum atomic E-state index is -0.986. The maximum Gasteiger partial charge on any atom is 0.193 e. The Bertz CT molecular complexity index is 926. The monoisotopic (exact) mass is 298 g/mol. The van der Waals surface area contributed by atoms with E-state index in [9.17, 15) is 13.6 Å². The molecule has 0 N–H and O–H groups in total. The highest BCUT2D eigenvalue weighted by Gasteiger charge is 2.11. The highest BCUT2D eigenvalue weighted by molar-refractivity contribution is 5.81. The minimum Gasteiger partial charge on any atom is -0.456 e. The van der Waals surface area contributed by atoms with Crippen LogP contribution in [0.4, 0.5) is 8.78 Å². The van der Waals surface area contributed by atoms with E-state index in [0.29, 0.717) is 23.0 Å². The molecule has 3 aromatic rings. The summed E-state index contributed by atoms with van der Waals surface area (Å²) in [7, 11) is 0. The van der Waals surface area contributed by atoms with Crippen LogP contribution in [-0.4, -0.2) is 0 Å². The van der Waals surface area contributed by atoms with Gasteiger partial charge in [0.2, 0.25) is 0 Å². The molecule has 0 aliphatic heterocycles. The topological polar surface area (TPSA) is 30.2 Å². The number of hydrogen-bond donors (Lipinski definition) is 0. The largest absolute Gasteiger partial charge is 0.456 e. The molecule has 110 valence electrons. The Morgan fingerprint density at radius 2 is 1.91 bits per heavy atom. The van der Waals surface area contributed by atoms with Gasteiger partial charge in [-0.15, -0.1) is 6.58 Å². The molecule has 2 aromatic carbocycles. The first-order chi connectivity index (χ1) is 10.6. The minimum absolute atomic E-state index is 0.202. The van der Waals surface area contributed by atoms with Gasteiger partial charge in [-0.05, 0) is 36.2 Å². The first kappa shape index (κ1) is 14.2. The molecule has 0 aliphatic carbocycles. The molecule has 1 aromatic heterocycles. The van der Waals surface area contributed by atoms with Crippen LogP contribution in [0.2, 0.25) is 0 Å². The zero-order valence-electron chi connectivity index (χ0n) is 11.6. The van der Waals surface area contributed by atoms with Gasteiger partial charge in [0.05, 0.1) is 5.39 Å². The lowest BCUT2D eigenvalue weighted by molar-refractivity contribution is 0.508. The normalized spacial score (nSPS) is 10.8. The predicted octanol–water partition coefficient (Wildman–Crippen LogP) is 4.47. The summed E-state index contributed by atoms with van der Waals surface area (Å²) in [4.78, 5) is 12.2. The lowest BCUT2D eigenvalue weighted by Crippen LogP contribution is -2.02. The zero-order chi connectivity index (χ0) is 15.7. The number of benzene rings is 2. The third-order valence-corrected chi connectivity index (χ3v) is 3.40. The number of fused-ring (bicyclic) bond motifs is 1. The highest BCUT2D eigenvalue weighted by atomic mass is 19.2. The number of hydrogen-bond acceptors (Lipinski definition) is 2. The number of para-hydroxylation sites is 1. The SMILES string of the molecule is C=CCc1cccc2c(=O)cc(-c3ccc(F)c(F)c3)oc12. The van der Waals surface area contributed by atoms with Crippen LogP contribution in [0.15, 0.2) is 64.3 Å². The van der Waals surface area contributed by atoms with Crippen LogP contribution in [0, 0.1) is 11.6 Å². The van der Waals surface area contributed by atoms with E-state index in [4.69, 9.17) is 4.42 Å². The molecule has 22 heavy (non-hydrogen) atoms. The first-order valence-electron chi connectivity index (χ1n) is 6.72. The van der Waals surface area contributed by atoms with Crippen molar-refractivity contribution in [2.45, 2.75) is 6.42 Å². The van der Waals surface area contributed by atoms with Gasteiger partial charge in [-0.1, -0.05) is 18.2 Å². The zero-order valence-corrected chi connectivity index (χ0v) is 11.6. The van der Waals surface area contributed by atoms with E-state index >= 15 is 0 Å². The molecule has 0 fully saturated rings. The molecular weight excluding hydrogens is 286 g/mol. The van der Waals surface area contributed by atoms with Crippen molar-refractivity contribution < 1.29 is 13.2 Å². The first-order valence-corrected chi connectivity index (χ1v) is 6.72. The van der Waals surface area contributed by atoms with E-state index in [-0.39, 0.29) is 11.2 Å². The summed E-state index contributed by atoms with van der Waals surface area (Å²) >= 11 is 0. The molecule has 4 heteroatoms. The van der Waals surface area contributed by atoms with Gasteiger partial charge in [-0.2, -0.15) is 0 Å². The molecule has 0 amide bonds. The third-order valence-electron chi connectivity index (χ3n) is 3.40. The van der Waals surface area contributed by atoms with Gasteiger partial charge in [0.15, 0.2) is 17.1 Å². The van der Waals surface area contributed by atoms with Crippen molar-refractivity contribution in [3.63, 3.8) is 0 Å². The Morgan fingerprint density at radius 1 is 1.09 bits per heavy atom. The van der Waals surface area contributed by atoms with Crippen molar-refractivity contribution in [1.29, 1.82) is 0 Å². The molecule has 1 heterocycles. The van der Waals surface area contributed by atoms with Crippen LogP contribution in [0.3, 0.4) is 0 Å². The van der Waals surface area contributed by atoms with Gasteiger partial charge < -0.3 is 4.42 Å². The molecular formula is C18H12F2O2. The summed E-state index contributed by atoms with van der Waals surface area (Å²) in [6.07, 6.45) is 2.25. The van der Waals surface area contributed by atoms with E-state index < -0.39 is 11.6 Å². The third kappa shape index (κ3) is 2.44. The Morgan fingerprint density at radius 3 is 2.64 bits per heavy atom. The summed E-state index contributed by atoms with van der Waals surface area (Å²) in [6.45, 7) is 3.68. The molecule has 0 bridgehead atoms. The lowest BCUT2D eigenvalue weighted by Gasteiger charge is -2.07. The fourth-order valence-electron chi connectivity index (χ4n) is 2.34. The molecule has 2 nitrogen and oxygen atoms in total. The second-order valence-corrected chi connectivity index (χ2v) is 4.89. The lowest BCUT2D eigenvalue weighted by atomic mass is 10.1. The fraction of sp³-hybridized carbons (Fsp3) is 0.0556. The Balaban J connectivity index is 2.27. The molecule has 0 unspecified atom stereocenters. The van der Waals surface area contributed by atoms with Crippen LogP contribution in [-0.2, 0) is 6.42 Å². The van der Waals surface area contributed by atoms with E-state index in [2.05, 4.69) is 6.58 Å². The van der Waals surface area contributed by atoms with Crippen LogP contribution in [0.5, 0.6) is 0 Å².